The van der Waals surface area contributed by atoms with Crippen LogP contribution in [0.25, 0.3) is 10.9 Å². The summed E-state index contributed by atoms with van der Waals surface area (Å²) in [5.74, 6) is 1.26. The van der Waals surface area contributed by atoms with E-state index < -0.39 is 0 Å². The number of fused-ring (bicyclic) bond motifs is 1. The molecule has 1 saturated heterocycles. The summed E-state index contributed by atoms with van der Waals surface area (Å²) in [5.41, 5.74) is 1.75. The number of hydrogen-bond donors (Lipinski definition) is 0. The van der Waals surface area contributed by atoms with E-state index in [0.29, 0.717) is 30.0 Å². The van der Waals surface area contributed by atoms with Crippen LogP contribution in [-0.2, 0) is 6.54 Å². The van der Waals surface area contributed by atoms with Gasteiger partial charge in [0.2, 0.25) is 0 Å². The molecule has 0 amide bonds. The summed E-state index contributed by atoms with van der Waals surface area (Å²) in [6.45, 7) is 10.3. The molecular weight excluding hydrogens is 378 g/mol. The van der Waals surface area contributed by atoms with Gasteiger partial charge in [-0.3, -0.25) is 9.69 Å². The van der Waals surface area contributed by atoms with Crippen LogP contribution in [-0.4, -0.2) is 59.2 Å². The minimum Gasteiger partial charge on any atom is -0.492 e. The van der Waals surface area contributed by atoms with Crippen molar-refractivity contribution in [2.75, 3.05) is 44.2 Å². The van der Waals surface area contributed by atoms with Crippen LogP contribution in [0.15, 0.2) is 53.3 Å². The Morgan fingerprint density at radius 2 is 1.73 bits per heavy atom. The lowest BCUT2D eigenvalue weighted by molar-refractivity contribution is 0.210. The number of rotatable bonds is 7. The molecule has 0 aliphatic carbocycles. The van der Waals surface area contributed by atoms with Gasteiger partial charge in [0.05, 0.1) is 24.2 Å². The molecular formula is C23H29N5O2. The molecule has 0 bridgehead atoms. The van der Waals surface area contributed by atoms with Crippen LogP contribution in [0.4, 0.5) is 5.69 Å². The minimum absolute atomic E-state index is 0.0650. The van der Waals surface area contributed by atoms with E-state index in [1.54, 1.807) is 0 Å². The Morgan fingerprint density at radius 3 is 2.53 bits per heavy atom. The standard InChI is InChI=1S/C23H29N5O2/c1-3-30-22-11-7-6-10-21(22)27-14-12-26(13-15-27)16-18(2)17-28-23(29)19-8-4-5-9-20(19)24-25-28/h4-11,18H,3,12-17H2,1-2H3. The topological polar surface area (TPSA) is 63.5 Å². The van der Waals surface area contributed by atoms with E-state index in [9.17, 15) is 4.79 Å². The summed E-state index contributed by atoms with van der Waals surface area (Å²) >= 11 is 0. The summed E-state index contributed by atoms with van der Waals surface area (Å²) in [4.78, 5) is 17.5. The number of aromatic nitrogens is 3. The Bertz CT molecular complexity index is 1040. The van der Waals surface area contributed by atoms with Gasteiger partial charge in [0.25, 0.3) is 5.56 Å². The number of para-hydroxylation sites is 2. The highest BCUT2D eigenvalue weighted by molar-refractivity contribution is 5.76. The fourth-order valence-electron chi connectivity index (χ4n) is 4.10. The molecule has 30 heavy (non-hydrogen) atoms. The van der Waals surface area contributed by atoms with Crippen LogP contribution in [0.1, 0.15) is 13.8 Å². The molecule has 0 spiro atoms. The fraction of sp³-hybridized carbons (Fsp3) is 0.435. The largest absolute Gasteiger partial charge is 0.492 e. The van der Waals surface area contributed by atoms with Gasteiger partial charge in [-0.05, 0) is 37.1 Å². The van der Waals surface area contributed by atoms with Crippen LogP contribution >= 0.6 is 0 Å². The molecule has 158 valence electrons. The average Bonchev–Trinajstić information content (AvgIpc) is 2.77. The van der Waals surface area contributed by atoms with Crippen LogP contribution in [0, 0.1) is 5.92 Å². The maximum Gasteiger partial charge on any atom is 0.277 e. The van der Waals surface area contributed by atoms with Crippen LogP contribution in [0.3, 0.4) is 0 Å². The number of ether oxygens (including phenoxy) is 1. The maximum atomic E-state index is 12.7. The molecule has 1 aliphatic rings. The van der Waals surface area contributed by atoms with Gasteiger partial charge in [-0.1, -0.05) is 36.4 Å². The lowest BCUT2D eigenvalue weighted by Gasteiger charge is -2.37. The van der Waals surface area contributed by atoms with Crippen molar-refractivity contribution in [2.24, 2.45) is 5.92 Å². The highest BCUT2D eigenvalue weighted by Gasteiger charge is 2.21. The third-order valence-electron chi connectivity index (χ3n) is 5.56. The summed E-state index contributed by atoms with van der Waals surface area (Å²) < 4.78 is 7.29. The molecule has 1 aliphatic heterocycles. The lowest BCUT2D eigenvalue weighted by atomic mass is 10.1. The first kappa shape index (κ1) is 20.3. The first-order chi connectivity index (χ1) is 14.7. The summed E-state index contributed by atoms with van der Waals surface area (Å²) in [5, 5.41) is 8.95. The molecule has 0 saturated carbocycles. The van der Waals surface area contributed by atoms with Crippen LogP contribution in [0.2, 0.25) is 0 Å². The Kier molecular flexibility index (Phi) is 6.28. The molecule has 4 rings (SSSR count). The zero-order valence-corrected chi connectivity index (χ0v) is 17.7. The Morgan fingerprint density at radius 1 is 1.00 bits per heavy atom. The van der Waals surface area contributed by atoms with Crippen molar-refractivity contribution in [2.45, 2.75) is 20.4 Å². The van der Waals surface area contributed by atoms with Gasteiger partial charge in [-0.2, -0.15) is 0 Å². The summed E-state index contributed by atoms with van der Waals surface area (Å²) in [7, 11) is 0. The van der Waals surface area contributed by atoms with Crippen molar-refractivity contribution in [1.82, 2.24) is 19.9 Å². The molecule has 7 heteroatoms. The zero-order chi connectivity index (χ0) is 20.9. The monoisotopic (exact) mass is 407 g/mol. The fourth-order valence-corrected chi connectivity index (χ4v) is 4.10. The van der Waals surface area contributed by atoms with E-state index in [4.69, 9.17) is 4.74 Å². The predicted molar refractivity (Wildman–Crippen MR) is 119 cm³/mol. The smallest absolute Gasteiger partial charge is 0.277 e. The highest BCUT2D eigenvalue weighted by atomic mass is 16.5. The molecule has 7 nitrogen and oxygen atoms in total. The van der Waals surface area contributed by atoms with E-state index in [1.165, 1.54) is 10.4 Å². The van der Waals surface area contributed by atoms with Crippen molar-refractivity contribution >= 4 is 16.6 Å². The van der Waals surface area contributed by atoms with Gasteiger partial charge < -0.3 is 9.64 Å². The van der Waals surface area contributed by atoms with Gasteiger partial charge >= 0.3 is 0 Å². The van der Waals surface area contributed by atoms with Gasteiger partial charge in [-0.15, -0.1) is 5.10 Å². The van der Waals surface area contributed by atoms with Gasteiger partial charge in [0, 0.05) is 32.7 Å². The molecule has 3 aromatic rings. The lowest BCUT2D eigenvalue weighted by Crippen LogP contribution is -2.48. The molecule has 2 aromatic carbocycles. The maximum absolute atomic E-state index is 12.7. The summed E-state index contributed by atoms with van der Waals surface area (Å²) in [6.07, 6.45) is 0. The second-order valence-electron chi connectivity index (χ2n) is 7.89. The highest BCUT2D eigenvalue weighted by Crippen LogP contribution is 2.28. The van der Waals surface area contributed by atoms with E-state index in [0.717, 1.165) is 38.5 Å². The van der Waals surface area contributed by atoms with Crippen LogP contribution < -0.4 is 15.2 Å². The zero-order valence-electron chi connectivity index (χ0n) is 17.7. The predicted octanol–water partition coefficient (Wildman–Crippen LogP) is 2.65. The van der Waals surface area contributed by atoms with Crippen molar-refractivity contribution < 1.29 is 4.74 Å². The molecule has 0 radical (unpaired) electrons. The Labute approximate surface area is 176 Å². The number of anilines is 1. The van der Waals surface area contributed by atoms with Crippen molar-refractivity contribution in [1.29, 1.82) is 0 Å². The molecule has 1 unspecified atom stereocenters. The molecule has 2 heterocycles. The molecule has 1 atom stereocenters. The second kappa shape index (κ2) is 9.26. The third-order valence-corrected chi connectivity index (χ3v) is 5.56. The van der Waals surface area contributed by atoms with Crippen molar-refractivity contribution in [3.05, 3.63) is 58.9 Å². The molecule has 0 N–H and O–H groups in total. The normalized spacial score (nSPS) is 16.0. The number of hydrogen-bond acceptors (Lipinski definition) is 6. The van der Waals surface area contributed by atoms with E-state index in [1.807, 2.05) is 43.3 Å². The number of piperazine rings is 1. The Balaban J connectivity index is 1.34. The third kappa shape index (κ3) is 4.46. The van der Waals surface area contributed by atoms with Crippen molar-refractivity contribution in [3.8, 4) is 5.75 Å². The van der Waals surface area contributed by atoms with Crippen LogP contribution in [0.5, 0.6) is 5.75 Å². The first-order valence-corrected chi connectivity index (χ1v) is 10.7. The minimum atomic E-state index is -0.0650. The molecule has 1 aromatic heterocycles. The van der Waals surface area contributed by atoms with E-state index in [-0.39, 0.29) is 5.56 Å². The first-order valence-electron chi connectivity index (χ1n) is 10.7. The average molecular weight is 408 g/mol. The van der Waals surface area contributed by atoms with Gasteiger partial charge in [0.15, 0.2) is 0 Å². The molecule has 1 fully saturated rings. The van der Waals surface area contributed by atoms with E-state index in [2.05, 4.69) is 39.2 Å². The van der Waals surface area contributed by atoms with Gasteiger partial charge in [0.1, 0.15) is 11.3 Å². The van der Waals surface area contributed by atoms with E-state index >= 15 is 0 Å². The second-order valence-corrected chi connectivity index (χ2v) is 7.89. The quantitative estimate of drug-likeness (QED) is 0.600. The number of benzene rings is 2. The van der Waals surface area contributed by atoms with Gasteiger partial charge in [-0.25, -0.2) is 4.68 Å². The Hall–Kier alpha value is -2.93. The van der Waals surface area contributed by atoms with Crippen molar-refractivity contribution in [3.63, 3.8) is 0 Å². The summed E-state index contributed by atoms with van der Waals surface area (Å²) in [6, 6.07) is 15.6. The number of nitrogens with zero attached hydrogens (tertiary/aromatic N) is 5. The SMILES string of the molecule is CCOc1ccccc1N1CCN(CC(C)Cn2nnc3ccccc3c2=O)CC1.